The van der Waals surface area contributed by atoms with E-state index in [-0.39, 0.29) is 0 Å². The molecule has 1 aromatic rings. The summed E-state index contributed by atoms with van der Waals surface area (Å²) in [5.74, 6) is 1.69. The van der Waals surface area contributed by atoms with Crippen molar-refractivity contribution in [3.05, 3.63) is 34.9 Å². The molecule has 4 heteroatoms. The molecule has 17 heavy (non-hydrogen) atoms. The Bertz CT molecular complexity index is 399. The van der Waals surface area contributed by atoms with Crippen molar-refractivity contribution in [1.82, 2.24) is 10.6 Å². The van der Waals surface area contributed by atoms with Crippen molar-refractivity contribution in [1.29, 1.82) is 0 Å². The number of rotatable bonds is 4. The molecule has 0 bridgehead atoms. The number of hydrogen-bond donors (Lipinski definition) is 2. The van der Waals surface area contributed by atoms with Crippen molar-refractivity contribution in [2.45, 2.75) is 19.4 Å². The summed E-state index contributed by atoms with van der Waals surface area (Å²) in [7, 11) is 1.79. The molecule has 0 atom stereocenters. The summed E-state index contributed by atoms with van der Waals surface area (Å²) < 4.78 is 0. The van der Waals surface area contributed by atoms with E-state index in [1.165, 1.54) is 12.8 Å². The maximum atomic E-state index is 6.09. The molecule has 0 spiro atoms. The molecule has 1 aliphatic carbocycles. The maximum absolute atomic E-state index is 6.09. The van der Waals surface area contributed by atoms with Crippen LogP contribution in [0.4, 0.5) is 0 Å². The van der Waals surface area contributed by atoms with Gasteiger partial charge in [0, 0.05) is 25.2 Å². The van der Waals surface area contributed by atoms with Crippen LogP contribution in [0.3, 0.4) is 0 Å². The summed E-state index contributed by atoms with van der Waals surface area (Å²) >= 11 is 6.09. The first-order valence-corrected chi connectivity index (χ1v) is 6.35. The lowest BCUT2D eigenvalue weighted by Gasteiger charge is -2.12. The summed E-state index contributed by atoms with van der Waals surface area (Å²) in [5.41, 5.74) is 1.09. The van der Waals surface area contributed by atoms with E-state index in [1.54, 1.807) is 7.05 Å². The highest BCUT2D eigenvalue weighted by molar-refractivity contribution is 6.31. The second-order valence-corrected chi connectivity index (χ2v) is 4.75. The van der Waals surface area contributed by atoms with E-state index in [2.05, 4.69) is 15.6 Å². The van der Waals surface area contributed by atoms with Crippen LogP contribution in [0.25, 0.3) is 0 Å². The van der Waals surface area contributed by atoms with Crippen molar-refractivity contribution in [3.63, 3.8) is 0 Å². The largest absolute Gasteiger partial charge is 0.356 e. The van der Waals surface area contributed by atoms with Crippen molar-refractivity contribution < 1.29 is 0 Å². The van der Waals surface area contributed by atoms with Gasteiger partial charge in [0.25, 0.3) is 0 Å². The molecule has 1 aromatic carbocycles. The molecular formula is C13H18ClN3. The predicted molar refractivity (Wildman–Crippen MR) is 72.4 cm³/mol. The summed E-state index contributed by atoms with van der Waals surface area (Å²) in [6.07, 6.45) is 2.68. The number of benzene rings is 1. The first-order valence-electron chi connectivity index (χ1n) is 5.97. The molecular weight excluding hydrogens is 234 g/mol. The lowest BCUT2D eigenvalue weighted by molar-refractivity contribution is 0.737. The Morgan fingerprint density at radius 1 is 1.35 bits per heavy atom. The fourth-order valence-electron chi connectivity index (χ4n) is 1.60. The van der Waals surface area contributed by atoms with Gasteiger partial charge in [-0.2, -0.15) is 0 Å². The molecule has 2 rings (SSSR count). The van der Waals surface area contributed by atoms with Crippen molar-refractivity contribution in [3.8, 4) is 0 Å². The molecule has 2 N–H and O–H groups in total. The third-order valence-corrected chi connectivity index (χ3v) is 3.25. The average molecular weight is 252 g/mol. The summed E-state index contributed by atoms with van der Waals surface area (Å²) in [6, 6.07) is 7.84. The zero-order chi connectivity index (χ0) is 12.1. The van der Waals surface area contributed by atoms with Gasteiger partial charge in [0.15, 0.2) is 5.96 Å². The van der Waals surface area contributed by atoms with Crippen LogP contribution < -0.4 is 10.6 Å². The molecule has 92 valence electrons. The third-order valence-electron chi connectivity index (χ3n) is 2.88. The number of aliphatic imine (C=N–C) groups is 1. The summed E-state index contributed by atoms with van der Waals surface area (Å²) in [6.45, 7) is 1.71. The number of guanidine groups is 1. The normalized spacial score (nSPS) is 15.8. The Labute approximate surface area is 107 Å². The van der Waals surface area contributed by atoms with Crippen molar-refractivity contribution in [2.24, 2.45) is 10.9 Å². The van der Waals surface area contributed by atoms with Crippen LogP contribution in [-0.2, 0) is 6.54 Å². The summed E-state index contributed by atoms with van der Waals surface area (Å²) in [4.78, 5) is 4.18. The van der Waals surface area contributed by atoms with E-state index in [0.717, 1.165) is 29.0 Å². The first kappa shape index (κ1) is 12.2. The Hall–Kier alpha value is -1.22. The molecule has 1 saturated carbocycles. The van der Waals surface area contributed by atoms with Crippen LogP contribution in [0, 0.1) is 5.92 Å². The molecule has 1 fully saturated rings. The molecule has 0 heterocycles. The lowest BCUT2D eigenvalue weighted by Crippen LogP contribution is -2.37. The molecule has 0 aliphatic heterocycles. The Morgan fingerprint density at radius 3 is 2.76 bits per heavy atom. The number of nitrogens with zero attached hydrogens (tertiary/aromatic N) is 1. The minimum absolute atomic E-state index is 0.698. The molecule has 0 aromatic heterocycles. The second-order valence-electron chi connectivity index (χ2n) is 4.34. The van der Waals surface area contributed by atoms with Gasteiger partial charge in [-0.05, 0) is 30.4 Å². The van der Waals surface area contributed by atoms with Crippen LogP contribution in [0.2, 0.25) is 5.02 Å². The van der Waals surface area contributed by atoms with Crippen LogP contribution in [0.5, 0.6) is 0 Å². The first-order chi connectivity index (χ1) is 8.29. The third kappa shape index (κ3) is 3.93. The van der Waals surface area contributed by atoms with Gasteiger partial charge >= 0.3 is 0 Å². The van der Waals surface area contributed by atoms with Crippen LogP contribution in [-0.4, -0.2) is 19.6 Å². The molecule has 0 saturated heterocycles. The van der Waals surface area contributed by atoms with Gasteiger partial charge in [0.1, 0.15) is 0 Å². The highest BCUT2D eigenvalue weighted by Crippen LogP contribution is 2.27. The monoisotopic (exact) mass is 251 g/mol. The highest BCUT2D eigenvalue weighted by Gasteiger charge is 2.20. The minimum atomic E-state index is 0.698. The Kier molecular flexibility index (Phi) is 4.26. The highest BCUT2D eigenvalue weighted by atomic mass is 35.5. The summed E-state index contributed by atoms with van der Waals surface area (Å²) in [5, 5.41) is 7.37. The van der Waals surface area contributed by atoms with Crippen LogP contribution in [0.1, 0.15) is 18.4 Å². The SMILES string of the molecule is CN=C(NCc1ccccc1Cl)NCC1CC1. The average Bonchev–Trinajstić information content (AvgIpc) is 3.15. The standard InChI is InChI=1S/C13H18ClN3/c1-15-13(16-8-10-6-7-10)17-9-11-4-2-3-5-12(11)14/h2-5,10H,6-9H2,1H3,(H2,15,16,17). The van der Waals surface area contributed by atoms with Gasteiger partial charge < -0.3 is 10.6 Å². The maximum Gasteiger partial charge on any atom is 0.191 e. The van der Waals surface area contributed by atoms with Gasteiger partial charge in [-0.15, -0.1) is 0 Å². The molecule has 0 radical (unpaired) electrons. The smallest absolute Gasteiger partial charge is 0.191 e. The van der Waals surface area contributed by atoms with E-state index < -0.39 is 0 Å². The number of nitrogens with one attached hydrogen (secondary N) is 2. The molecule has 0 unspecified atom stereocenters. The van der Waals surface area contributed by atoms with Gasteiger partial charge in [-0.1, -0.05) is 29.8 Å². The Balaban J connectivity index is 1.80. The van der Waals surface area contributed by atoms with Gasteiger partial charge in [0.2, 0.25) is 0 Å². The van der Waals surface area contributed by atoms with E-state index >= 15 is 0 Å². The van der Waals surface area contributed by atoms with Crippen molar-refractivity contribution in [2.75, 3.05) is 13.6 Å². The number of hydrogen-bond acceptors (Lipinski definition) is 1. The second kappa shape index (κ2) is 5.92. The number of halogens is 1. The van der Waals surface area contributed by atoms with E-state index in [4.69, 9.17) is 11.6 Å². The zero-order valence-corrected chi connectivity index (χ0v) is 10.8. The molecule has 0 amide bonds. The van der Waals surface area contributed by atoms with Gasteiger partial charge in [-0.25, -0.2) is 0 Å². The fraction of sp³-hybridized carbons (Fsp3) is 0.462. The molecule has 1 aliphatic rings. The predicted octanol–water partition coefficient (Wildman–Crippen LogP) is 2.42. The zero-order valence-electron chi connectivity index (χ0n) is 10.0. The fourth-order valence-corrected chi connectivity index (χ4v) is 1.81. The van der Waals surface area contributed by atoms with Crippen LogP contribution >= 0.6 is 11.6 Å². The van der Waals surface area contributed by atoms with E-state index in [9.17, 15) is 0 Å². The van der Waals surface area contributed by atoms with Crippen molar-refractivity contribution >= 4 is 17.6 Å². The minimum Gasteiger partial charge on any atom is -0.356 e. The van der Waals surface area contributed by atoms with Gasteiger partial charge in [0.05, 0.1) is 0 Å². The lowest BCUT2D eigenvalue weighted by atomic mass is 10.2. The van der Waals surface area contributed by atoms with Crippen LogP contribution in [0.15, 0.2) is 29.3 Å². The topological polar surface area (TPSA) is 36.4 Å². The van der Waals surface area contributed by atoms with Gasteiger partial charge in [-0.3, -0.25) is 4.99 Å². The Morgan fingerprint density at radius 2 is 2.12 bits per heavy atom. The van der Waals surface area contributed by atoms with E-state index in [1.807, 2.05) is 24.3 Å². The quantitative estimate of drug-likeness (QED) is 0.637. The van der Waals surface area contributed by atoms with E-state index in [0.29, 0.717) is 6.54 Å². The molecule has 3 nitrogen and oxygen atoms in total.